The average Bonchev–Trinajstić information content (AvgIpc) is 3.28. The molecule has 1 amide bonds. The molecule has 0 saturated carbocycles. The van der Waals surface area contributed by atoms with Crippen LogP contribution in [0, 0.1) is 5.41 Å². The van der Waals surface area contributed by atoms with E-state index in [1.807, 2.05) is 19.9 Å². The van der Waals surface area contributed by atoms with Crippen LogP contribution in [0.25, 0.3) is 5.65 Å². The largest absolute Gasteiger partial charge is 0.396 e. The van der Waals surface area contributed by atoms with E-state index in [1.54, 1.807) is 29.9 Å². The molecule has 3 aromatic rings. The van der Waals surface area contributed by atoms with E-state index in [1.165, 1.54) is 10.7 Å². The van der Waals surface area contributed by atoms with Gasteiger partial charge in [-0.15, -0.1) is 0 Å². The van der Waals surface area contributed by atoms with Gasteiger partial charge in [0.05, 0.1) is 18.8 Å². The molecule has 182 valence electrons. The number of hydrogen-bond donors (Lipinski definition) is 4. The van der Waals surface area contributed by atoms with Gasteiger partial charge in [-0.1, -0.05) is 13.8 Å². The number of carbonyl (C=O) groups is 1. The van der Waals surface area contributed by atoms with Crippen molar-refractivity contribution in [2.24, 2.45) is 5.41 Å². The van der Waals surface area contributed by atoms with E-state index >= 15 is 0 Å². The van der Waals surface area contributed by atoms with E-state index in [4.69, 9.17) is 4.74 Å². The van der Waals surface area contributed by atoms with Crippen LogP contribution in [-0.2, 0) is 4.74 Å². The Labute approximate surface area is 197 Å². The third-order valence-electron chi connectivity index (χ3n) is 5.89. The van der Waals surface area contributed by atoms with Crippen LogP contribution in [0.15, 0.2) is 35.4 Å². The molecule has 1 aliphatic rings. The highest BCUT2D eigenvalue weighted by molar-refractivity contribution is 6.00. The summed E-state index contributed by atoms with van der Waals surface area (Å²) in [4.78, 5) is 30.5. The first-order valence-corrected chi connectivity index (χ1v) is 11.3. The summed E-state index contributed by atoms with van der Waals surface area (Å²) >= 11 is 0. The number of amides is 1. The molecule has 0 unspecified atom stereocenters. The highest BCUT2D eigenvalue weighted by atomic mass is 16.5. The lowest BCUT2D eigenvalue weighted by Gasteiger charge is -2.24. The number of aliphatic hydroxyl groups is 1. The third kappa shape index (κ3) is 4.90. The van der Waals surface area contributed by atoms with Crippen LogP contribution in [0.1, 0.15) is 43.1 Å². The van der Waals surface area contributed by atoms with Crippen LogP contribution in [0.5, 0.6) is 0 Å². The van der Waals surface area contributed by atoms with Gasteiger partial charge in [-0.05, 0) is 25.0 Å². The smallest absolute Gasteiger partial charge is 0.274 e. The number of nitrogens with one attached hydrogen (secondary N) is 3. The molecule has 0 bridgehead atoms. The second kappa shape index (κ2) is 9.82. The van der Waals surface area contributed by atoms with Gasteiger partial charge < -0.3 is 30.4 Å². The standard InChI is InChI=1S/C23H31N7O4/c1-23(2,14-31)13-25-21(32)16-11-26-30-19(24-3)10-18(28-20(16)30)27-17-7-4-8-29(22(17)33)15-6-5-9-34-12-15/h4,7-8,10-11,15,24,31H,5-6,9,12-14H2,1-3H3,(H,25,32)(H,27,28)/t15-/m1/s1. The first-order valence-electron chi connectivity index (χ1n) is 11.3. The number of pyridine rings is 1. The summed E-state index contributed by atoms with van der Waals surface area (Å²) in [5, 5.41) is 22.7. The van der Waals surface area contributed by atoms with Gasteiger partial charge in [-0.3, -0.25) is 9.59 Å². The zero-order chi connectivity index (χ0) is 24.3. The Morgan fingerprint density at radius 3 is 2.91 bits per heavy atom. The van der Waals surface area contributed by atoms with Gasteiger partial charge in [0.15, 0.2) is 5.65 Å². The summed E-state index contributed by atoms with van der Waals surface area (Å²) in [5.74, 6) is 0.651. The van der Waals surface area contributed by atoms with Crippen molar-refractivity contribution in [3.05, 3.63) is 46.5 Å². The van der Waals surface area contributed by atoms with E-state index in [9.17, 15) is 14.7 Å². The molecule has 0 aliphatic carbocycles. The molecule has 3 aromatic heterocycles. The van der Waals surface area contributed by atoms with Gasteiger partial charge >= 0.3 is 0 Å². The van der Waals surface area contributed by atoms with Crippen molar-refractivity contribution >= 4 is 28.9 Å². The van der Waals surface area contributed by atoms with Crippen LogP contribution in [0.3, 0.4) is 0 Å². The molecule has 0 spiro atoms. The summed E-state index contributed by atoms with van der Waals surface area (Å²) in [7, 11) is 1.74. The van der Waals surface area contributed by atoms with Crippen molar-refractivity contribution in [2.45, 2.75) is 32.7 Å². The molecule has 34 heavy (non-hydrogen) atoms. The minimum Gasteiger partial charge on any atom is -0.396 e. The molecule has 4 rings (SSSR count). The molecule has 11 nitrogen and oxygen atoms in total. The second-order valence-corrected chi connectivity index (χ2v) is 9.21. The Morgan fingerprint density at radius 2 is 2.21 bits per heavy atom. The van der Waals surface area contributed by atoms with Crippen molar-refractivity contribution in [1.29, 1.82) is 0 Å². The molecule has 1 aliphatic heterocycles. The number of fused-ring (bicyclic) bond motifs is 1. The van der Waals surface area contributed by atoms with Crippen LogP contribution in [0.4, 0.5) is 17.3 Å². The maximum absolute atomic E-state index is 13.1. The molecule has 1 atom stereocenters. The van der Waals surface area contributed by atoms with Gasteiger partial charge in [0, 0.05) is 44.5 Å². The van der Waals surface area contributed by atoms with Gasteiger partial charge in [0.2, 0.25) is 0 Å². The highest BCUT2D eigenvalue weighted by Crippen LogP contribution is 2.22. The topological polar surface area (TPSA) is 135 Å². The summed E-state index contributed by atoms with van der Waals surface area (Å²) in [5.41, 5.74) is 0.390. The normalized spacial score (nSPS) is 16.4. The minimum atomic E-state index is -0.453. The molecule has 4 N–H and O–H groups in total. The van der Waals surface area contributed by atoms with Gasteiger partial charge in [0.1, 0.15) is 22.9 Å². The SMILES string of the molecule is CNc1cc(Nc2cccn([C@@H]3CCCOC3)c2=O)nc2c(C(=O)NCC(C)(C)CO)cnn12. The molecular weight excluding hydrogens is 438 g/mol. The highest BCUT2D eigenvalue weighted by Gasteiger charge is 2.22. The number of nitrogens with zero attached hydrogens (tertiary/aromatic N) is 4. The Bertz CT molecular complexity index is 1230. The average molecular weight is 470 g/mol. The van der Waals surface area contributed by atoms with Crippen LogP contribution < -0.4 is 21.5 Å². The number of rotatable bonds is 8. The third-order valence-corrected chi connectivity index (χ3v) is 5.89. The van der Waals surface area contributed by atoms with E-state index in [0.29, 0.717) is 41.7 Å². The van der Waals surface area contributed by atoms with Crippen molar-refractivity contribution < 1.29 is 14.6 Å². The van der Waals surface area contributed by atoms with E-state index in [-0.39, 0.29) is 24.1 Å². The zero-order valence-corrected chi connectivity index (χ0v) is 19.7. The zero-order valence-electron chi connectivity index (χ0n) is 19.7. The minimum absolute atomic E-state index is 0.000363. The molecule has 0 radical (unpaired) electrons. The molecule has 1 fully saturated rings. The summed E-state index contributed by atoms with van der Waals surface area (Å²) in [6.45, 7) is 5.19. The van der Waals surface area contributed by atoms with Crippen LogP contribution in [-0.4, -0.2) is 63.6 Å². The molecule has 1 saturated heterocycles. The predicted octanol–water partition coefficient (Wildman–Crippen LogP) is 1.78. The first-order chi connectivity index (χ1) is 16.3. The Kier molecular flexibility index (Phi) is 6.85. The number of ether oxygens (including phenoxy) is 1. The molecule has 11 heteroatoms. The number of carbonyl (C=O) groups excluding carboxylic acids is 1. The fourth-order valence-corrected chi connectivity index (χ4v) is 3.81. The Hall–Kier alpha value is -3.44. The lowest BCUT2D eigenvalue weighted by molar-refractivity contribution is 0.0581. The predicted molar refractivity (Wildman–Crippen MR) is 129 cm³/mol. The number of anilines is 3. The fourth-order valence-electron chi connectivity index (χ4n) is 3.81. The maximum atomic E-state index is 13.1. The quantitative estimate of drug-likeness (QED) is 0.392. The summed E-state index contributed by atoms with van der Waals surface area (Å²) in [6, 6.07) is 5.24. The van der Waals surface area contributed by atoms with E-state index in [2.05, 4.69) is 26.0 Å². The Balaban J connectivity index is 1.64. The molecule has 4 heterocycles. The van der Waals surface area contributed by atoms with Crippen LogP contribution in [0.2, 0.25) is 0 Å². The number of hydrogen-bond acceptors (Lipinski definition) is 8. The van der Waals surface area contributed by atoms with Crippen molar-refractivity contribution in [1.82, 2.24) is 24.5 Å². The summed E-state index contributed by atoms with van der Waals surface area (Å²) in [6.07, 6.45) is 5.03. The van der Waals surface area contributed by atoms with Gasteiger partial charge in [-0.25, -0.2) is 4.98 Å². The molecular formula is C23H31N7O4. The van der Waals surface area contributed by atoms with Crippen molar-refractivity contribution in [2.75, 3.05) is 44.0 Å². The van der Waals surface area contributed by atoms with E-state index < -0.39 is 5.41 Å². The molecule has 0 aromatic carbocycles. The van der Waals surface area contributed by atoms with Crippen LogP contribution >= 0.6 is 0 Å². The first kappa shape index (κ1) is 23.7. The van der Waals surface area contributed by atoms with Gasteiger partial charge in [-0.2, -0.15) is 9.61 Å². The lowest BCUT2D eigenvalue weighted by Crippen LogP contribution is -2.36. The lowest BCUT2D eigenvalue weighted by atomic mass is 9.95. The number of aliphatic hydroxyl groups excluding tert-OH is 1. The monoisotopic (exact) mass is 469 g/mol. The van der Waals surface area contributed by atoms with Crippen molar-refractivity contribution in [3.63, 3.8) is 0 Å². The maximum Gasteiger partial charge on any atom is 0.274 e. The fraction of sp³-hybridized carbons (Fsp3) is 0.478. The summed E-state index contributed by atoms with van der Waals surface area (Å²) < 4.78 is 8.76. The second-order valence-electron chi connectivity index (χ2n) is 9.21. The van der Waals surface area contributed by atoms with Crippen molar-refractivity contribution in [3.8, 4) is 0 Å². The number of aromatic nitrogens is 4. The van der Waals surface area contributed by atoms with E-state index in [0.717, 1.165) is 19.4 Å². The van der Waals surface area contributed by atoms with Gasteiger partial charge in [0.25, 0.3) is 11.5 Å². The Morgan fingerprint density at radius 1 is 1.38 bits per heavy atom.